The standard InChI is InChI=1S/C23H20Br2N2O/c1-15-22(16-3-7-18(24)8-4-16)26-23(17-5-13-21(28-2)14-6-17)27(15)20-11-9-19(25)10-12-20/h3-15,23H,1-2H3. The van der Waals surface area contributed by atoms with Gasteiger partial charge in [0.2, 0.25) is 0 Å². The molecule has 0 fully saturated rings. The van der Waals surface area contributed by atoms with Gasteiger partial charge < -0.3 is 9.64 Å². The van der Waals surface area contributed by atoms with Crippen LogP contribution in [0.3, 0.4) is 0 Å². The van der Waals surface area contributed by atoms with Crippen LogP contribution >= 0.6 is 31.9 Å². The summed E-state index contributed by atoms with van der Waals surface area (Å²) in [6, 6.07) is 25.1. The second-order valence-electron chi connectivity index (χ2n) is 6.73. The van der Waals surface area contributed by atoms with E-state index in [9.17, 15) is 0 Å². The summed E-state index contributed by atoms with van der Waals surface area (Å²) in [5.41, 5.74) is 4.53. The molecule has 2 atom stereocenters. The van der Waals surface area contributed by atoms with E-state index in [1.165, 1.54) is 0 Å². The van der Waals surface area contributed by atoms with E-state index in [0.717, 1.165) is 37.2 Å². The molecule has 0 bridgehead atoms. The van der Waals surface area contributed by atoms with E-state index in [1.54, 1.807) is 7.11 Å². The topological polar surface area (TPSA) is 24.8 Å². The molecule has 4 rings (SSSR count). The lowest BCUT2D eigenvalue weighted by molar-refractivity contribution is 0.414. The first-order chi connectivity index (χ1) is 13.6. The highest BCUT2D eigenvalue weighted by Crippen LogP contribution is 2.38. The Kier molecular flexibility index (Phi) is 5.56. The lowest BCUT2D eigenvalue weighted by atomic mass is 10.0. The van der Waals surface area contributed by atoms with Crippen LogP contribution in [-0.2, 0) is 0 Å². The highest BCUT2D eigenvalue weighted by atomic mass is 79.9. The molecule has 5 heteroatoms. The zero-order valence-corrected chi connectivity index (χ0v) is 18.8. The largest absolute Gasteiger partial charge is 0.497 e. The number of anilines is 1. The van der Waals surface area contributed by atoms with Gasteiger partial charge in [0.1, 0.15) is 11.9 Å². The van der Waals surface area contributed by atoms with Gasteiger partial charge in [-0.1, -0.05) is 56.1 Å². The molecule has 0 saturated heterocycles. The number of nitrogens with zero attached hydrogens (tertiary/aromatic N) is 2. The van der Waals surface area contributed by atoms with E-state index >= 15 is 0 Å². The second-order valence-corrected chi connectivity index (χ2v) is 8.56. The average Bonchev–Trinajstić information content (AvgIpc) is 3.06. The van der Waals surface area contributed by atoms with Gasteiger partial charge in [-0.25, -0.2) is 0 Å². The first-order valence-corrected chi connectivity index (χ1v) is 10.7. The minimum absolute atomic E-state index is 0.0827. The van der Waals surface area contributed by atoms with E-state index in [1.807, 2.05) is 12.1 Å². The van der Waals surface area contributed by atoms with Crippen molar-refractivity contribution in [2.75, 3.05) is 12.0 Å². The first-order valence-electron chi connectivity index (χ1n) is 9.08. The number of halogens is 2. The smallest absolute Gasteiger partial charge is 0.148 e. The minimum atomic E-state index is -0.0827. The number of methoxy groups -OCH3 is 1. The third-order valence-corrected chi connectivity index (χ3v) is 6.07. The van der Waals surface area contributed by atoms with Crippen molar-refractivity contribution in [3.8, 4) is 5.75 Å². The Balaban J connectivity index is 1.78. The maximum Gasteiger partial charge on any atom is 0.148 e. The number of benzene rings is 3. The Morgan fingerprint density at radius 2 is 1.39 bits per heavy atom. The quantitative estimate of drug-likeness (QED) is 0.403. The average molecular weight is 500 g/mol. The highest BCUT2D eigenvalue weighted by molar-refractivity contribution is 9.10. The van der Waals surface area contributed by atoms with Gasteiger partial charge in [0.25, 0.3) is 0 Å². The molecule has 3 aromatic rings. The number of aliphatic imine (C=N–C) groups is 1. The van der Waals surface area contributed by atoms with E-state index in [2.05, 4.69) is 104 Å². The van der Waals surface area contributed by atoms with Gasteiger partial charge in [-0.3, -0.25) is 4.99 Å². The molecule has 0 amide bonds. The van der Waals surface area contributed by atoms with Crippen molar-refractivity contribution in [3.05, 3.63) is 92.9 Å². The summed E-state index contributed by atoms with van der Waals surface area (Å²) in [5, 5.41) is 0. The Bertz CT molecular complexity index is 983. The van der Waals surface area contributed by atoms with E-state index in [4.69, 9.17) is 9.73 Å². The van der Waals surface area contributed by atoms with Gasteiger partial charge in [0.05, 0.1) is 18.9 Å². The summed E-state index contributed by atoms with van der Waals surface area (Å²) in [7, 11) is 1.69. The van der Waals surface area contributed by atoms with Crippen LogP contribution < -0.4 is 9.64 Å². The zero-order chi connectivity index (χ0) is 19.7. The fourth-order valence-corrected chi connectivity index (χ4v) is 4.10. The molecule has 3 nitrogen and oxygen atoms in total. The molecule has 0 aliphatic carbocycles. The lowest BCUT2D eigenvalue weighted by Crippen LogP contribution is -2.35. The van der Waals surface area contributed by atoms with Crippen LogP contribution in [0.4, 0.5) is 5.69 Å². The van der Waals surface area contributed by atoms with Crippen molar-refractivity contribution in [2.45, 2.75) is 19.1 Å². The maximum absolute atomic E-state index is 5.32. The second kappa shape index (κ2) is 8.10. The zero-order valence-electron chi connectivity index (χ0n) is 15.6. The summed E-state index contributed by atoms with van der Waals surface area (Å²) >= 11 is 7.05. The van der Waals surface area contributed by atoms with Crippen LogP contribution in [0, 0.1) is 0 Å². The molecule has 0 radical (unpaired) electrons. The van der Waals surface area contributed by atoms with Gasteiger partial charge in [0.15, 0.2) is 0 Å². The van der Waals surface area contributed by atoms with Gasteiger partial charge in [-0.2, -0.15) is 0 Å². The van der Waals surface area contributed by atoms with Crippen LogP contribution in [0.25, 0.3) is 0 Å². The third-order valence-electron chi connectivity index (χ3n) is 5.02. The monoisotopic (exact) mass is 498 g/mol. The molecule has 0 N–H and O–H groups in total. The summed E-state index contributed by atoms with van der Waals surface area (Å²) in [4.78, 5) is 7.52. The Hall–Kier alpha value is -2.11. The van der Waals surface area contributed by atoms with E-state index in [0.29, 0.717) is 0 Å². The van der Waals surface area contributed by atoms with Crippen molar-refractivity contribution < 1.29 is 4.74 Å². The molecule has 142 valence electrons. The number of rotatable bonds is 4. The van der Waals surface area contributed by atoms with Crippen LogP contribution in [0.15, 0.2) is 86.7 Å². The molecular formula is C23H20Br2N2O. The van der Waals surface area contributed by atoms with Crippen molar-refractivity contribution >= 4 is 43.3 Å². The SMILES string of the molecule is COc1ccc(C2N=C(c3ccc(Br)cc3)C(C)N2c2ccc(Br)cc2)cc1. The van der Waals surface area contributed by atoms with Gasteiger partial charge in [-0.15, -0.1) is 0 Å². The molecule has 0 aromatic heterocycles. The summed E-state index contributed by atoms with van der Waals surface area (Å²) < 4.78 is 7.46. The molecule has 2 unspecified atom stereocenters. The van der Waals surface area contributed by atoms with Crippen molar-refractivity contribution in [1.82, 2.24) is 0 Å². The van der Waals surface area contributed by atoms with Crippen molar-refractivity contribution in [3.63, 3.8) is 0 Å². The van der Waals surface area contributed by atoms with Crippen molar-refractivity contribution in [2.24, 2.45) is 4.99 Å². The lowest BCUT2D eigenvalue weighted by Gasteiger charge is -2.30. The van der Waals surface area contributed by atoms with E-state index in [-0.39, 0.29) is 12.2 Å². The van der Waals surface area contributed by atoms with Crippen LogP contribution in [0.2, 0.25) is 0 Å². The van der Waals surface area contributed by atoms with Gasteiger partial charge >= 0.3 is 0 Å². The van der Waals surface area contributed by atoms with Crippen molar-refractivity contribution in [1.29, 1.82) is 0 Å². The predicted molar refractivity (Wildman–Crippen MR) is 122 cm³/mol. The first kappa shape index (κ1) is 19.2. The predicted octanol–water partition coefficient (Wildman–Crippen LogP) is 6.62. The Morgan fingerprint density at radius 1 is 0.821 bits per heavy atom. The summed E-state index contributed by atoms with van der Waals surface area (Å²) in [5.74, 6) is 0.849. The van der Waals surface area contributed by atoms with Crippen LogP contribution in [0.5, 0.6) is 5.75 Å². The molecule has 1 aliphatic heterocycles. The van der Waals surface area contributed by atoms with Crippen LogP contribution in [-0.4, -0.2) is 18.9 Å². The summed E-state index contributed by atoms with van der Waals surface area (Å²) in [6.07, 6.45) is -0.0827. The molecule has 0 spiro atoms. The fraction of sp³-hybridized carbons (Fsp3) is 0.174. The van der Waals surface area contributed by atoms with Crippen LogP contribution in [0.1, 0.15) is 24.2 Å². The number of hydrogen-bond acceptors (Lipinski definition) is 3. The molecule has 0 saturated carbocycles. The molecule has 28 heavy (non-hydrogen) atoms. The van der Waals surface area contributed by atoms with E-state index < -0.39 is 0 Å². The molecule has 1 aliphatic rings. The van der Waals surface area contributed by atoms with Gasteiger partial charge in [0, 0.05) is 14.6 Å². The Morgan fingerprint density at radius 3 is 1.96 bits per heavy atom. The third kappa shape index (κ3) is 3.74. The summed E-state index contributed by atoms with van der Waals surface area (Å²) in [6.45, 7) is 2.21. The number of ether oxygens (including phenoxy) is 1. The highest BCUT2D eigenvalue weighted by Gasteiger charge is 2.35. The maximum atomic E-state index is 5.32. The normalized spacial score (nSPS) is 18.9. The Labute approximate surface area is 182 Å². The molecule has 3 aromatic carbocycles. The minimum Gasteiger partial charge on any atom is -0.497 e. The molecule has 1 heterocycles. The number of hydrogen-bond donors (Lipinski definition) is 0. The van der Waals surface area contributed by atoms with Gasteiger partial charge in [-0.05, 0) is 66.6 Å². The fourth-order valence-electron chi connectivity index (χ4n) is 3.57. The molecular weight excluding hydrogens is 480 g/mol.